The lowest BCUT2D eigenvalue weighted by molar-refractivity contribution is 0.0695. The predicted octanol–water partition coefficient (Wildman–Crippen LogP) is 3.91. The highest BCUT2D eigenvalue weighted by molar-refractivity contribution is 6.37. The van der Waals surface area contributed by atoms with Gasteiger partial charge in [0, 0.05) is 11.1 Å². The van der Waals surface area contributed by atoms with Gasteiger partial charge in [0.1, 0.15) is 29.3 Å². The van der Waals surface area contributed by atoms with E-state index in [1.807, 2.05) is 0 Å². The molecule has 0 amide bonds. The third-order valence-corrected chi connectivity index (χ3v) is 5.13. The molecule has 166 valence electrons. The van der Waals surface area contributed by atoms with E-state index in [9.17, 15) is 24.6 Å². The number of H-pyrrole nitrogens is 1. The molecular weight excluding hydrogens is 463 g/mol. The van der Waals surface area contributed by atoms with Crippen LogP contribution in [0.3, 0.4) is 0 Å². The molecule has 1 heterocycles. The number of carbonyl (C=O) groups is 2. The van der Waals surface area contributed by atoms with Gasteiger partial charge in [-0.15, -0.1) is 0 Å². The van der Waals surface area contributed by atoms with E-state index in [1.54, 1.807) is 18.2 Å². The maximum atomic E-state index is 12.3. The Labute approximate surface area is 190 Å². The predicted molar refractivity (Wildman–Crippen MR) is 118 cm³/mol. The first kappa shape index (κ1) is 23.0. The second kappa shape index (κ2) is 9.21. The summed E-state index contributed by atoms with van der Waals surface area (Å²) in [6.45, 7) is -0.107. The van der Waals surface area contributed by atoms with Crippen LogP contribution in [0.2, 0.25) is 10.0 Å². The molecule has 5 N–H and O–H groups in total. The van der Waals surface area contributed by atoms with Crippen LogP contribution in [0.25, 0.3) is 11.1 Å². The molecule has 9 nitrogen and oxygen atoms in total. The molecule has 0 bridgehead atoms. The van der Waals surface area contributed by atoms with Crippen LogP contribution in [-0.2, 0) is 6.61 Å². The first-order valence-electron chi connectivity index (χ1n) is 8.92. The van der Waals surface area contributed by atoms with Gasteiger partial charge >= 0.3 is 11.9 Å². The van der Waals surface area contributed by atoms with E-state index in [-0.39, 0.29) is 33.5 Å². The molecular formula is C21H16Cl2N2O7. The van der Waals surface area contributed by atoms with Crippen molar-refractivity contribution in [3.8, 4) is 22.6 Å². The highest BCUT2D eigenvalue weighted by Gasteiger charge is 2.27. The Kier molecular flexibility index (Phi) is 6.61. The van der Waals surface area contributed by atoms with E-state index in [0.717, 1.165) is 0 Å². The van der Waals surface area contributed by atoms with Crippen LogP contribution in [0.5, 0.6) is 11.5 Å². The van der Waals surface area contributed by atoms with E-state index in [0.29, 0.717) is 11.3 Å². The molecule has 0 radical (unpaired) electrons. The van der Waals surface area contributed by atoms with Crippen LogP contribution in [-0.4, -0.2) is 34.2 Å². The molecule has 32 heavy (non-hydrogen) atoms. The average Bonchev–Trinajstić information content (AvgIpc) is 2.72. The number of carboxylic acid groups (broad SMARTS) is 2. The highest BCUT2D eigenvalue weighted by atomic mass is 35.5. The van der Waals surface area contributed by atoms with Crippen LogP contribution in [0.15, 0.2) is 41.2 Å². The second-order valence-electron chi connectivity index (χ2n) is 6.47. The number of hydrogen-bond acceptors (Lipinski definition) is 6. The van der Waals surface area contributed by atoms with Gasteiger partial charge in [0.2, 0.25) is 0 Å². The van der Waals surface area contributed by atoms with Crippen molar-refractivity contribution >= 4 is 41.0 Å². The van der Waals surface area contributed by atoms with Crippen molar-refractivity contribution in [1.29, 1.82) is 0 Å². The number of methoxy groups -OCH3 is 1. The molecule has 0 atom stereocenters. The van der Waals surface area contributed by atoms with Gasteiger partial charge in [-0.1, -0.05) is 35.3 Å². The third kappa shape index (κ3) is 4.34. The first-order valence-corrected chi connectivity index (χ1v) is 9.67. The zero-order chi connectivity index (χ0) is 23.6. The Bertz CT molecular complexity index is 1270. The molecule has 3 rings (SSSR count). The normalized spacial score (nSPS) is 10.6. The number of carboxylic acids is 2. The monoisotopic (exact) mass is 478 g/mol. The zero-order valence-electron chi connectivity index (χ0n) is 16.4. The molecule has 0 aliphatic carbocycles. The van der Waals surface area contributed by atoms with E-state index >= 15 is 0 Å². The van der Waals surface area contributed by atoms with Gasteiger partial charge in [-0.2, -0.15) is 0 Å². The van der Waals surface area contributed by atoms with Crippen molar-refractivity contribution in [2.45, 2.75) is 6.61 Å². The number of aromatic amines is 1. The molecule has 0 aliphatic heterocycles. The molecule has 2 aromatic carbocycles. The van der Waals surface area contributed by atoms with Crippen molar-refractivity contribution < 1.29 is 29.3 Å². The lowest BCUT2D eigenvalue weighted by Crippen LogP contribution is -2.24. The number of rotatable bonds is 7. The third-order valence-electron chi connectivity index (χ3n) is 4.53. The van der Waals surface area contributed by atoms with Crippen molar-refractivity contribution in [3.05, 3.63) is 73.5 Å². The smallest absolute Gasteiger partial charge is 0.342 e. The summed E-state index contributed by atoms with van der Waals surface area (Å²) in [5, 5.41) is 19.7. The number of halogens is 2. The minimum Gasteiger partial charge on any atom is -0.496 e. The van der Waals surface area contributed by atoms with Gasteiger partial charge < -0.3 is 30.4 Å². The lowest BCUT2D eigenvalue weighted by atomic mass is 9.94. The summed E-state index contributed by atoms with van der Waals surface area (Å²) in [5.41, 5.74) is 3.52. The molecule has 0 saturated carbocycles. The Morgan fingerprint density at radius 1 is 1.06 bits per heavy atom. The molecule has 0 saturated heterocycles. The fourth-order valence-electron chi connectivity index (χ4n) is 3.15. The minimum atomic E-state index is -1.61. The number of pyridine rings is 1. The number of ether oxygens (including phenoxy) is 2. The number of anilines is 1. The van der Waals surface area contributed by atoms with Gasteiger partial charge in [-0.05, 0) is 29.8 Å². The molecule has 0 spiro atoms. The van der Waals surface area contributed by atoms with Gasteiger partial charge in [-0.3, -0.25) is 4.79 Å². The minimum absolute atomic E-state index is 0.107. The van der Waals surface area contributed by atoms with Crippen molar-refractivity contribution in [3.63, 3.8) is 0 Å². The standard InChI is InChI=1S/C21H16Cl2N2O7/c1-31-13-6-5-9(7-10(13)8-32-17-11(22)3-2-4-12(17)23)14-15(20(27)28)18(24)25-19(26)16(14)21(29)30/h2-7H,8H2,1H3,(H,27,28)(H,29,30)(H3,24,25,26). The second-order valence-corrected chi connectivity index (χ2v) is 7.28. The number of nitrogens with one attached hydrogen (secondary N) is 1. The lowest BCUT2D eigenvalue weighted by Gasteiger charge is -2.16. The number of benzene rings is 2. The van der Waals surface area contributed by atoms with E-state index in [2.05, 4.69) is 4.98 Å². The van der Waals surface area contributed by atoms with Crippen LogP contribution in [0.1, 0.15) is 26.3 Å². The van der Waals surface area contributed by atoms with Gasteiger partial charge in [0.05, 0.1) is 17.2 Å². The molecule has 3 aromatic rings. The molecule has 0 unspecified atom stereocenters. The summed E-state index contributed by atoms with van der Waals surface area (Å²) in [6.07, 6.45) is 0. The van der Waals surface area contributed by atoms with Crippen molar-refractivity contribution in [2.24, 2.45) is 0 Å². The van der Waals surface area contributed by atoms with Crippen LogP contribution < -0.4 is 20.8 Å². The Morgan fingerprint density at radius 2 is 1.69 bits per heavy atom. The number of nitrogen functional groups attached to an aromatic ring is 1. The topological polar surface area (TPSA) is 152 Å². The fraction of sp³-hybridized carbons (Fsp3) is 0.0952. The summed E-state index contributed by atoms with van der Waals surface area (Å²) in [6, 6.07) is 9.17. The number of aromatic nitrogens is 1. The van der Waals surface area contributed by atoms with E-state index in [4.69, 9.17) is 38.4 Å². The number of para-hydroxylation sites is 1. The number of aromatic carboxylic acids is 2. The largest absolute Gasteiger partial charge is 0.496 e. The maximum Gasteiger partial charge on any atom is 0.342 e. The van der Waals surface area contributed by atoms with Crippen LogP contribution in [0.4, 0.5) is 5.82 Å². The Balaban J connectivity index is 2.18. The number of hydrogen-bond donors (Lipinski definition) is 4. The maximum absolute atomic E-state index is 12.3. The fourth-order valence-corrected chi connectivity index (χ4v) is 3.66. The van der Waals surface area contributed by atoms with E-state index in [1.165, 1.54) is 25.3 Å². The van der Waals surface area contributed by atoms with Gasteiger partial charge in [-0.25, -0.2) is 9.59 Å². The summed E-state index contributed by atoms with van der Waals surface area (Å²) in [4.78, 5) is 37.9. The number of nitrogens with two attached hydrogens (primary N) is 1. The molecule has 1 aromatic heterocycles. The summed E-state index contributed by atoms with van der Waals surface area (Å²) >= 11 is 12.2. The summed E-state index contributed by atoms with van der Waals surface area (Å²) in [5.74, 6) is -3.00. The molecule has 11 heteroatoms. The van der Waals surface area contributed by atoms with Crippen molar-refractivity contribution in [2.75, 3.05) is 12.8 Å². The van der Waals surface area contributed by atoms with Crippen LogP contribution >= 0.6 is 23.2 Å². The van der Waals surface area contributed by atoms with E-state index < -0.39 is 34.4 Å². The molecule has 0 aliphatic rings. The Hall–Kier alpha value is -3.69. The average molecular weight is 479 g/mol. The molecule has 0 fully saturated rings. The van der Waals surface area contributed by atoms with Gasteiger partial charge in [0.25, 0.3) is 5.56 Å². The van der Waals surface area contributed by atoms with Gasteiger partial charge in [0.15, 0.2) is 5.75 Å². The zero-order valence-corrected chi connectivity index (χ0v) is 18.0. The first-order chi connectivity index (χ1) is 15.1. The highest BCUT2D eigenvalue weighted by Crippen LogP contribution is 2.36. The summed E-state index contributed by atoms with van der Waals surface area (Å²) in [7, 11) is 1.41. The van der Waals surface area contributed by atoms with Crippen molar-refractivity contribution in [1.82, 2.24) is 4.98 Å². The quantitative estimate of drug-likeness (QED) is 0.398. The SMILES string of the molecule is COc1ccc(-c2c(C(=O)O)c(N)[nH]c(=O)c2C(=O)O)cc1COc1c(Cl)cccc1Cl. The summed E-state index contributed by atoms with van der Waals surface area (Å²) < 4.78 is 11.0. The van der Waals surface area contributed by atoms with Crippen LogP contribution in [0, 0.1) is 0 Å². The Morgan fingerprint density at radius 3 is 2.25 bits per heavy atom.